The molecular weight excluding hydrogens is 468 g/mol. The lowest BCUT2D eigenvalue weighted by molar-refractivity contribution is -0.141. The van der Waals surface area contributed by atoms with Crippen molar-refractivity contribution in [1.29, 1.82) is 0 Å². The lowest BCUT2D eigenvalue weighted by Crippen LogP contribution is -2.39. The topological polar surface area (TPSA) is 93.1 Å². The number of nitrogens with zero attached hydrogens (tertiary/aromatic N) is 5. The molecule has 0 spiro atoms. The van der Waals surface area contributed by atoms with Crippen LogP contribution in [0.3, 0.4) is 0 Å². The number of halogens is 4. The molecule has 184 valence electrons. The van der Waals surface area contributed by atoms with Crippen molar-refractivity contribution < 1.29 is 27.1 Å². The summed E-state index contributed by atoms with van der Waals surface area (Å²) in [4.78, 5) is 29.5. The largest absolute Gasteiger partial charge is 0.447 e. The second kappa shape index (κ2) is 9.43. The fourth-order valence-corrected chi connectivity index (χ4v) is 3.73. The predicted molar refractivity (Wildman–Crippen MR) is 119 cm³/mol. The number of anilines is 2. The molecule has 0 radical (unpaired) electrons. The third kappa shape index (κ3) is 5.15. The number of pyridine rings is 2. The molecule has 0 aromatic carbocycles. The summed E-state index contributed by atoms with van der Waals surface area (Å²) in [6, 6.07) is 4.55. The van der Waals surface area contributed by atoms with Crippen molar-refractivity contribution in [3.63, 3.8) is 0 Å². The quantitative estimate of drug-likeness (QED) is 0.480. The monoisotopic (exact) mass is 490 g/mol. The van der Waals surface area contributed by atoms with Gasteiger partial charge in [0.05, 0.1) is 11.7 Å². The first-order chi connectivity index (χ1) is 16.5. The minimum Gasteiger partial charge on any atom is -0.447 e. The zero-order valence-electron chi connectivity index (χ0n) is 19.0. The van der Waals surface area contributed by atoms with Gasteiger partial charge in [0.2, 0.25) is 5.95 Å². The maximum Gasteiger partial charge on any atom is 0.433 e. The molecule has 4 heterocycles. The van der Waals surface area contributed by atoms with Crippen LogP contribution in [0.2, 0.25) is 0 Å². The summed E-state index contributed by atoms with van der Waals surface area (Å²) >= 11 is 0. The Balaban J connectivity index is 1.54. The first kappa shape index (κ1) is 24.3. The molecule has 1 fully saturated rings. The minimum absolute atomic E-state index is 0.0723. The minimum atomic E-state index is -4.54. The number of ether oxygens (including phenoxy) is 1. The third-order valence-electron chi connectivity index (χ3n) is 5.61. The molecule has 1 aliphatic heterocycles. The fraction of sp³-hybridized carbons (Fsp3) is 0.348. The fourth-order valence-electron chi connectivity index (χ4n) is 3.73. The number of cyclic esters (lactones) is 1. The molecule has 1 saturated heterocycles. The summed E-state index contributed by atoms with van der Waals surface area (Å²) in [6.45, 7) is 4.85. The molecule has 1 amide bonds. The van der Waals surface area contributed by atoms with Gasteiger partial charge in [-0.15, -0.1) is 0 Å². The summed E-state index contributed by atoms with van der Waals surface area (Å²) in [7, 11) is 0. The van der Waals surface area contributed by atoms with Crippen LogP contribution in [0.1, 0.15) is 36.8 Å². The van der Waals surface area contributed by atoms with Crippen LogP contribution in [-0.2, 0) is 10.9 Å². The van der Waals surface area contributed by atoms with Gasteiger partial charge in [0, 0.05) is 24.2 Å². The maximum absolute atomic E-state index is 13.9. The Morgan fingerprint density at radius 2 is 1.89 bits per heavy atom. The summed E-state index contributed by atoms with van der Waals surface area (Å²) < 4.78 is 58.0. The number of aryl methyl sites for hydroxylation is 1. The highest BCUT2D eigenvalue weighted by atomic mass is 19.4. The summed E-state index contributed by atoms with van der Waals surface area (Å²) in [5.41, 5.74) is 1.25. The number of carbonyl (C=O) groups excluding carboxylic acids is 1. The van der Waals surface area contributed by atoms with E-state index in [1.54, 1.807) is 13.0 Å². The Morgan fingerprint density at radius 1 is 1.14 bits per heavy atom. The molecule has 3 aromatic heterocycles. The molecule has 12 heteroatoms. The average Bonchev–Trinajstić information content (AvgIpc) is 3.20. The predicted octanol–water partition coefficient (Wildman–Crippen LogP) is 5.12. The second-order valence-corrected chi connectivity index (χ2v) is 8.15. The van der Waals surface area contributed by atoms with E-state index in [2.05, 4.69) is 25.3 Å². The van der Waals surface area contributed by atoms with Crippen molar-refractivity contribution >= 4 is 17.9 Å². The van der Waals surface area contributed by atoms with Crippen LogP contribution >= 0.6 is 0 Å². The summed E-state index contributed by atoms with van der Waals surface area (Å²) in [5, 5.41) is 3.08. The van der Waals surface area contributed by atoms with Crippen LogP contribution in [-0.4, -0.2) is 44.8 Å². The standard InChI is InChI=1S/C23H22F4N6O2/c1-12-8-17(30-10-16(12)15-4-6-28-19(9-15)23(25,26)27)14(3)31-21-29-7-5-20(32-21)33-18(13(2)24)11-35-22(33)34/h4-10,13-14,18H,11H2,1-3H3,(H,29,31,32)/t13-,14-,18?/m0/s1. The Bertz CT molecular complexity index is 1240. The van der Waals surface area contributed by atoms with Crippen LogP contribution < -0.4 is 10.2 Å². The van der Waals surface area contributed by atoms with Gasteiger partial charge in [-0.1, -0.05) is 0 Å². The highest BCUT2D eigenvalue weighted by Crippen LogP contribution is 2.32. The van der Waals surface area contributed by atoms with Gasteiger partial charge in [0.15, 0.2) is 0 Å². The van der Waals surface area contributed by atoms with Crippen molar-refractivity contribution in [3.8, 4) is 11.1 Å². The molecule has 1 N–H and O–H groups in total. The van der Waals surface area contributed by atoms with E-state index in [4.69, 9.17) is 4.74 Å². The molecule has 3 aromatic rings. The van der Waals surface area contributed by atoms with Gasteiger partial charge in [-0.2, -0.15) is 18.2 Å². The van der Waals surface area contributed by atoms with Gasteiger partial charge in [0.25, 0.3) is 0 Å². The molecular formula is C23H22F4N6O2. The average molecular weight is 490 g/mol. The molecule has 35 heavy (non-hydrogen) atoms. The number of alkyl halides is 4. The van der Waals surface area contributed by atoms with Gasteiger partial charge in [-0.25, -0.2) is 14.2 Å². The van der Waals surface area contributed by atoms with Crippen molar-refractivity contribution in [2.75, 3.05) is 16.8 Å². The maximum atomic E-state index is 13.9. The van der Waals surface area contributed by atoms with Gasteiger partial charge < -0.3 is 10.1 Å². The van der Waals surface area contributed by atoms with Crippen LogP contribution in [0.25, 0.3) is 11.1 Å². The van der Waals surface area contributed by atoms with E-state index in [9.17, 15) is 22.4 Å². The zero-order chi connectivity index (χ0) is 25.3. The van der Waals surface area contributed by atoms with Crippen LogP contribution in [0, 0.1) is 6.92 Å². The SMILES string of the molecule is Cc1cc([C@H](C)Nc2nccc(N3C(=O)OCC3[C@H](C)F)n2)ncc1-c1ccnc(C(F)(F)F)c1. The van der Waals surface area contributed by atoms with E-state index in [1.807, 2.05) is 6.92 Å². The van der Waals surface area contributed by atoms with Gasteiger partial charge in [-0.05, 0) is 56.2 Å². The first-order valence-electron chi connectivity index (χ1n) is 10.7. The van der Waals surface area contributed by atoms with Crippen molar-refractivity contribution in [1.82, 2.24) is 19.9 Å². The molecule has 0 bridgehead atoms. The highest BCUT2D eigenvalue weighted by Gasteiger charge is 2.39. The first-order valence-corrected chi connectivity index (χ1v) is 10.7. The lowest BCUT2D eigenvalue weighted by Gasteiger charge is -2.22. The highest BCUT2D eigenvalue weighted by molar-refractivity contribution is 5.89. The third-order valence-corrected chi connectivity index (χ3v) is 5.61. The van der Waals surface area contributed by atoms with E-state index in [-0.39, 0.29) is 24.4 Å². The van der Waals surface area contributed by atoms with Crippen LogP contribution in [0.15, 0.2) is 42.9 Å². The smallest absolute Gasteiger partial charge is 0.433 e. The van der Waals surface area contributed by atoms with E-state index in [1.165, 1.54) is 31.5 Å². The van der Waals surface area contributed by atoms with Gasteiger partial charge in [0.1, 0.15) is 30.3 Å². The molecule has 0 aliphatic carbocycles. The second-order valence-electron chi connectivity index (χ2n) is 8.15. The van der Waals surface area contributed by atoms with Crippen molar-refractivity contribution in [2.24, 2.45) is 0 Å². The van der Waals surface area contributed by atoms with Crippen LogP contribution in [0.4, 0.5) is 34.1 Å². The van der Waals surface area contributed by atoms with E-state index in [0.717, 1.165) is 22.7 Å². The van der Waals surface area contributed by atoms with Crippen LogP contribution in [0.5, 0.6) is 0 Å². The van der Waals surface area contributed by atoms with Gasteiger partial charge >= 0.3 is 12.3 Å². The van der Waals surface area contributed by atoms with Gasteiger partial charge in [-0.3, -0.25) is 14.9 Å². The van der Waals surface area contributed by atoms with E-state index in [0.29, 0.717) is 16.8 Å². The Hall–Kier alpha value is -3.83. The number of carbonyl (C=O) groups is 1. The van der Waals surface area contributed by atoms with Crippen molar-refractivity contribution in [3.05, 3.63) is 59.8 Å². The summed E-state index contributed by atoms with van der Waals surface area (Å²) in [5.74, 6) is 0.386. The lowest BCUT2D eigenvalue weighted by atomic mass is 10.0. The number of hydrogen-bond donors (Lipinski definition) is 1. The Morgan fingerprint density at radius 3 is 2.57 bits per heavy atom. The van der Waals surface area contributed by atoms with E-state index < -0.39 is 30.2 Å². The Kier molecular flexibility index (Phi) is 6.55. The molecule has 4 rings (SSSR count). The van der Waals surface area contributed by atoms with Crippen molar-refractivity contribution in [2.45, 2.75) is 45.2 Å². The number of nitrogens with one attached hydrogen (secondary N) is 1. The zero-order valence-corrected chi connectivity index (χ0v) is 19.0. The molecule has 1 aliphatic rings. The molecule has 8 nitrogen and oxygen atoms in total. The normalized spacial score (nSPS) is 17.7. The number of aromatic nitrogens is 4. The number of rotatable bonds is 6. The number of hydrogen-bond acceptors (Lipinski definition) is 7. The Labute approximate surface area is 198 Å². The number of amides is 1. The summed E-state index contributed by atoms with van der Waals surface area (Å²) in [6.07, 6.45) is -2.49. The van der Waals surface area contributed by atoms with E-state index >= 15 is 0 Å². The molecule has 1 unspecified atom stereocenters. The molecule has 0 saturated carbocycles. The molecule has 3 atom stereocenters.